The third-order valence-electron chi connectivity index (χ3n) is 5.86. The van der Waals surface area contributed by atoms with Gasteiger partial charge in [-0.25, -0.2) is 26.4 Å². The fraction of sp³-hybridized carbons (Fsp3) is 0.261. The summed E-state index contributed by atoms with van der Waals surface area (Å²) in [6, 6.07) is 5.52. The monoisotopic (exact) mass is 537 g/mol. The number of rotatable bonds is 5. The van der Waals surface area contributed by atoms with E-state index in [4.69, 9.17) is 10.5 Å². The molecule has 0 fully saturated rings. The number of anilines is 2. The number of nitrogens with one attached hydrogen (secondary N) is 1. The number of aromatic nitrogens is 2. The number of ether oxygens (including phenoxy) is 1. The van der Waals surface area contributed by atoms with Gasteiger partial charge >= 0.3 is 6.09 Å². The summed E-state index contributed by atoms with van der Waals surface area (Å²) < 4.78 is 75.7. The van der Waals surface area contributed by atoms with Gasteiger partial charge in [-0.05, 0) is 45.0 Å². The third-order valence-corrected chi connectivity index (χ3v) is 7.86. The molecule has 0 unspecified atom stereocenters. The van der Waals surface area contributed by atoms with E-state index in [2.05, 4.69) is 10.4 Å². The number of nitrogens with zero attached hydrogens (tertiary/aromatic N) is 3. The first-order chi connectivity index (χ1) is 17.3. The molecule has 1 aliphatic heterocycles. The Kier molecular flexibility index (Phi) is 6.50. The number of nitrogen functional groups attached to an aromatic ring is 1. The average Bonchev–Trinajstić information content (AvgIpc) is 3.29. The smallest absolute Gasteiger partial charge is 0.435 e. The summed E-state index contributed by atoms with van der Waals surface area (Å²) in [6.45, 7) is 3.97. The van der Waals surface area contributed by atoms with Crippen LogP contribution in [0.15, 0.2) is 41.3 Å². The van der Waals surface area contributed by atoms with E-state index in [1.807, 2.05) is 0 Å². The number of hydrogen-bond donors (Lipinski definition) is 2. The second-order valence-corrected chi connectivity index (χ2v) is 10.5. The van der Waals surface area contributed by atoms with Crippen LogP contribution >= 0.6 is 0 Å². The lowest BCUT2D eigenvalue weighted by atomic mass is 10.0. The van der Waals surface area contributed by atoms with Crippen molar-refractivity contribution in [1.29, 1.82) is 0 Å². The van der Waals surface area contributed by atoms with Crippen LogP contribution in [0, 0.1) is 17.5 Å². The normalized spacial score (nSPS) is 14.9. The number of nitrogens with two attached hydrogens (primary N) is 1. The Morgan fingerprint density at radius 3 is 2.41 bits per heavy atom. The molecule has 2 heterocycles. The van der Waals surface area contributed by atoms with E-state index in [0.717, 1.165) is 15.1 Å². The second kappa shape index (κ2) is 9.19. The molecule has 0 bridgehead atoms. The van der Waals surface area contributed by atoms with Crippen LogP contribution in [0.1, 0.15) is 42.4 Å². The molecule has 1 amide bonds. The minimum atomic E-state index is -4.53. The number of fused-ring (bicyclic) bond motifs is 1. The minimum Gasteiger partial charge on any atom is -0.448 e. The van der Waals surface area contributed by atoms with Crippen molar-refractivity contribution in [3.63, 3.8) is 0 Å². The molecule has 0 spiro atoms. The second-order valence-electron chi connectivity index (χ2n) is 8.62. The van der Waals surface area contributed by atoms with Crippen LogP contribution in [0.2, 0.25) is 0 Å². The van der Waals surface area contributed by atoms with Crippen molar-refractivity contribution in [2.24, 2.45) is 0 Å². The van der Waals surface area contributed by atoms with E-state index >= 15 is 0 Å². The molecule has 0 radical (unpaired) electrons. The van der Waals surface area contributed by atoms with Crippen LogP contribution in [-0.4, -0.2) is 41.1 Å². The van der Waals surface area contributed by atoms with Gasteiger partial charge in [-0.15, -0.1) is 5.10 Å². The number of sulfonamides is 1. The molecule has 2 aromatic carbocycles. The highest BCUT2D eigenvalue weighted by Gasteiger charge is 2.50. The number of carbonyl (C=O) groups is 2. The zero-order valence-corrected chi connectivity index (χ0v) is 20.7. The van der Waals surface area contributed by atoms with Crippen molar-refractivity contribution in [3.8, 4) is 0 Å². The van der Waals surface area contributed by atoms with Gasteiger partial charge in [0.05, 0.1) is 28.3 Å². The average molecular weight is 538 g/mol. The molecule has 37 heavy (non-hydrogen) atoms. The van der Waals surface area contributed by atoms with Crippen molar-refractivity contribution in [2.45, 2.75) is 37.8 Å². The van der Waals surface area contributed by atoms with Crippen molar-refractivity contribution >= 4 is 33.5 Å². The number of amides is 1. The van der Waals surface area contributed by atoms with E-state index in [0.29, 0.717) is 18.2 Å². The van der Waals surface area contributed by atoms with E-state index in [1.54, 1.807) is 6.92 Å². The van der Waals surface area contributed by atoms with Crippen molar-refractivity contribution in [3.05, 3.63) is 70.7 Å². The Bertz CT molecular complexity index is 1500. The topological polar surface area (TPSA) is 137 Å². The molecule has 10 nitrogen and oxygen atoms in total. The Balaban J connectivity index is 1.83. The third kappa shape index (κ3) is 4.42. The van der Waals surface area contributed by atoms with Gasteiger partial charge in [-0.3, -0.25) is 4.79 Å². The van der Waals surface area contributed by atoms with E-state index in [9.17, 15) is 31.2 Å². The molecular weight excluding hydrogens is 515 g/mol. The van der Waals surface area contributed by atoms with Crippen molar-refractivity contribution in [1.82, 2.24) is 14.1 Å². The summed E-state index contributed by atoms with van der Waals surface area (Å²) in [6.07, 6.45) is -0.964. The van der Waals surface area contributed by atoms with Crippen LogP contribution < -0.4 is 11.1 Å². The summed E-state index contributed by atoms with van der Waals surface area (Å²) in [5.74, 6) is -4.33. The molecule has 3 aromatic rings. The Morgan fingerprint density at radius 2 is 1.81 bits per heavy atom. The summed E-state index contributed by atoms with van der Waals surface area (Å²) in [7, 11) is -4.53. The zero-order chi connectivity index (χ0) is 27.3. The Labute approximate surface area is 209 Å². The predicted molar refractivity (Wildman–Crippen MR) is 126 cm³/mol. The van der Waals surface area contributed by atoms with Crippen molar-refractivity contribution < 1.29 is 35.9 Å². The highest BCUT2D eigenvalue weighted by Crippen LogP contribution is 2.45. The van der Waals surface area contributed by atoms with Crippen LogP contribution in [0.3, 0.4) is 0 Å². The Morgan fingerprint density at radius 1 is 1.16 bits per heavy atom. The molecule has 0 atom stereocenters. The molecule has 4 rings (SSSR count). The lowest BCUT2D eigenvalue weighted by molar-refractivity contribution is 0.102. The molecular formula is C23H22F3N5O5S. The molecule has 14 heteroatoms. The summed E-state index contributed by atoms with van der Waals surface area (Å²) in [4.78, 5) is 24.9. The van der Waals surface area contributed by atoms with Gasteiger partial charge in [0.1, 0.15) is 17.5 Å². The highest BCUT2D eigenvalue weighted by molar-refractivity contribution is 7.89. The van der Waals surface area contributed by atoms with E-state index in [1.165, 1.54) is 26.0 Å². The van der Waals surface area contributed by atoms with Crippen molar-refractivity contribution in [2.75, 3.05) is 17.7 Å². The van der Waals surface area contributed by atoms with E-state index in [-0.39, 0.29) is 29.4 Å². The van der Waals surface area contributed by atoms with Crippen LogP contribution in [0.5, 0.6) is 0 Å². The summed E-state index contributed by atoms with van der Waals surface area (Å²) in [5.41, 5.74) is 3.75. The maximum Gasteiger partial charge on any atom is 0.435 e. The fourth-order valence-corrected chi connectivity index (χ4v) is 6.01. The summed E-state index contributed by atoms with van der Waals surface area (Å²) in [5, 5.41) is 6.48. The number of carbonyl (C=O) groups excluding carboxylic acids is 2. The van der Waals surface area contributed by atoms with Gasteiger partial charge in [0.25, 0.3) is 5.91 Å². The van der Waals surface area contributed by atoms with Gasteiger partial charge in [0.15, 0.2) is 5.82 Å². The minimum absolute atomic E-state index is 0.0358. The van der Waals surface area contributed by atoms with Gasteiger partial charge in [0.2, 0.25) is 10.0 Å². The first-order valence-electron chi connectivity index (χ1n) is 10.9. The molecule has 0 saturated carbocycles. The van der Waals surface area contributed by atoms with Crippen LogP contribution in [0.25, 0.3) is 0 Å². The zero-order valence-electron chi connectivity index (χ0n) is 19.9. The lowest BCUT2D eigenvalue weighted by Gasteiger charge is -2.31. The molecule has 0 saturated heterocycles. The first-order valence-corrected chi connectivity index (χ1v) is 12.4. The lowest BCUT2D eigenvalue weighted by Crippen LogP contribution is -2.42. The van der Waals surface area contributed by atoms with Crippen LogP contribution in [-0.2, 0) is 26.8 Å². The fourth-order valence-electron chi connectivity index (χ4n) is 4.25. The van der Waals surface area contributed by atoms with E-state index < -0.39 is 62.0 Å². The molecule has 1 aliphatic rings. The molecule has 3 N–H and O–H groups in total. The maximum atomic E-state index is 14.3. The van der Waals surface area contributed by atoms with Gasteiger partial charge < -0.3 is 15.8 Å². The molecule has 196 valence electrons. The molecule has 1 aromatic heterocycles. The maximum absolute atomic E-state index is 14.3. The number of benzene rings is 2. The highest BCUT2D eigenvalue weighted by atomic mass is 32.2. The van der Waals surface area contributed by atoms with Crippen LogP contribution in [0.4, 0.5) is 29.5 Å². The van der Waals surface area contributed by atoms with Gasteiger partial charge in [0, 0.05) is 23.9 Å². The quantitative estimate of drug-likeness (QED) is 0.475. The molecule has 0 aliphatic carbocycles. The standard InChI is InChI=1S/C23H22F3N5O5S/c1-4-36-22(33)31-19-15(20(29-31)28-21(32)18-16(26)6-5-7-17(18)27)11-30(23(19,2)3)37(34,35)14-9-12(24)8-13(25)10-14/h5-10H,4,11,27H2,1-3H3,(H,28,29,32). The number of hydrogen-bond acceptors (Lipinski definition) is 7. The first kappa shape index (κ1) is 26.2. The number of halogens is 3. The predicted octanol–water partition coefficient (Wildman–Crippen LogP) is 3.58. The Hall–Kier alpha value is -3.91. The van der Waals surface area contributed by atoms with Gasteiger partial charge in [-0.2, -0.15) is 8.99 Å². The van der Waals surface area contributed by atoms with Gasteiger partial charge in [-0.1, -0.05) is 6.07 Å². The largest absolute Gasteiger partial charge is 0.448 e. The SMILES string of the molecule is CCOC(=O)n1nc(NC(=O)c2c(N)cccc2F)c2c1C(C)(C)N(S(=O)(=O)c1cc(F)cc(F)c1)C2. The summed E-state index contributed by atoms with van der Waals surface area (Å²) >= 11 is 0.